The van der Waals surface area contributed by atoms with Crippen molar-refractivity contribution >= 4 is 22.0 Å². The molecule has 1 N–H and O–H groups in total. The molecule has 4 radical (unpaired) electrons. The quantitative estimate of drug-likeness (QED) is 0.570. The van der Waals surface area contributed by atoms with Gasteiger partial charge < -0.3 is 4.98 Å². The van der Waals surface area contributed by atoms with Crippen LogP contribution in [0.15, 0.2) is 18.7 Å². The zero-order valence-corrected chi connectivity index (χ0v) is 6.12. The minimum absolute atomic E-state index is 1.04. The molecule has 0 atom stereocenters. The molecule has 2 nitrogen and oxygen atoms in total. The predicted molar refractivity (Wildman–Crippen MR) is 46.3 cm³/mol. The first-order valence-electron chi connectivity index (χ1n) is 3.21. The molecule has 0 unspecified atom stereocenters. The number of rotatable bonds is 2. The number of hydrogen-bond donors (Lipinski definition) is 1. The van der Waals surface area contributed by atoms with E-state index < -0.39 is 0 Å². The lowest BCUT2D eigenvalue weighted by Crippen LogP contribution is -1.98. The second kappa shape index (κ2) is 8.40. The maximum absolute atomic E-state index is 4.96. The molecular formula is C5H9B3N2. The summed E-state index contributed by atoms with van der Waals surface area (Å²) in [5, 5.41) is 0. The Bertz CT molecular complexity index is 101. The molecular weight excluding hydrogens is 121 g/mol. The first-order chi connectivity index (χ1) is 4.91. The normalized spacial score (nSPS) is 7.30. The third kappa shape index (κ3) is 7.40. The van der Waals surface area contributed by atoms with E-state index in [0.29, 0.717) is 0 Å². The van der Waals surface area contributed by atoms with Crippen molar-refractivity contribution in [2.45, 2.75) is 13.2 Å². The monoisotopic (exact) mass is 130 g/mol. The molecule has 10 heavy (non-hydrogen) atoms. The van der Waals surface area contributed by atoms with E-state index in [2.05, 4.69) is 9.97 Å². The number of aromatic amines is 1. The van der Waals surface area contributed by atoms with Crippen LogP contribution in [0.5, 0.6) is 0 Å². The minimum Gasteiger partial charge on any atom is -0.351 e. The Morgan fingerprint density at radius 2 is 2.50 bits per heavy atom. The van der Waals surface area contributed by atoms with Gasteiger partial charge in [0.25, 0.3) is 0 Å². The molecule has 0 aromatic carbocycles. The summed E-state index contributed by atoms with van der Waals surface area (Å²) in [6.07, 6.45) is 6.12. The molecule has 0 aliphatic carbocycles. The van der Waals surface area contributed by atoms with Crippen molar-refractivity contribution in [1.29, 1.82) is 0 Å². The number of imidazole rings is 1. The largest absolute Gasteiger partial charge is 0.351 e. The Morgan fingerprint density at radius 3 is 2.60 bits per heavy atom. The fourth-order valence-corrected chi connectivity index (χ4v) is 0.351. The van der Waals surface area contributed by atoms with Crippen molar-refractivity contribution < 1.29 is 0 Å². The van der Waals surface area contributed by atoms with Gasteiger partial charge in [-0.15, -0.1) is 0 Å². The van der Waals surface area contributed by atoms with Gasteiger partial charge in [-0.1, -0.05) is 13.2 Å². The van der Waals surface area contributed by atoms with Crippen molar-refractivity contribution in [1.82, 2.24) is 9.97 Å². The number of nitrogens with zero attached hydrogens (tertiary/aromatic N) is 1. The molecule has 0 saturated carbocycles. The van der Waals surface area contributed by atoms with Gasteiger partial charge in [0.1, 0.15) is 0 Å². The van der Waals surface area contributed by atoms with Gasteiger partial charge in [-0.2, -0.15) is 0 Å². The van der Waals surface area contributed by atoms with Crippen LogP contribution >= 0.6 is 0 Å². The molecule has 1 heterocycles. The molecule has 0 fully saturated rings. The van der Waals surface area contributed by atoms with Crippen LogP contribution in [0.25, 0.3) is 0 Å². The van der Waals surface area contributed by atoms with Gasteiger partial charge in [0.05, 0.1) is 13.5 Å². The molecule has 0 bridgehead atoms. The minimum atomic E-state index is 1.04. The molecule has 0 aliphatic heterocycles. The zero-order valence-electron chi connectivity index (χ0n) is 6.12. The van der Waals surface area contributed by atoms with E-state index in [4.69, 9.17) is 7.74 Å². The highest BCUT2D eigenvalue weighted by molar-refractivity contribution is 7.23. The second-order valence-corrected chi connectivity index (χ2v) is 1.60. The summed E-state index contributed by atoms with van der Waals surface area (Å²) in [5.41, 5.74) is 0. The van der Waals surface area contributed by atoms with Gasteiger partial charge in [-0.3, -0.25) is 0 Å². The summed E-state index contributed by atoms with van der Waals surface area (Å²) in [6.45, 7) is 2.04. The molecule has 0 spiro atoms. The Hall–Kier alpha value is -0.595. The summed E-state index contributed by atoms with van der Waals surface area (Å²) in [5.74, 6) is 0. The Balaban J connectivity index is 0.000000162. The highest BCUT2D eigenvalue weighted by Crippen LogP contribution is 1.63. The lowest BCUT2D eigenvalue weighted by Gasteiger charge is -1.74. The lowest BCUT2D eigenvalue weighted by molar-refractivity contribution is 1.31. The topological polar surface area (TPSA) is 28.7 Å². The number of nitrogens with one attached hydrogen (secondary N) is 1. The molecule has 0 aliphatic rings. The first-order valence-corrected chi connectivity index (χ1v) is 3.21. The van der Waals surface area contributed by atoms with Crippen LogP contribution in [-0.4, -0.2) is 31.9 Å². The fourth-order valence-electron chi connectivity index (χ4n) is 0.351. The maximum Gasteiger partial charge on any atom is 0.0919 e. The molecule has 48 valence electrons. The predicted octanol–water partition coefficient (Wildman–Crippen LogP) is 0.241. The molecule has 0 amide bonds. The van der Waals surface area contributed by atoms with Gasteiger partial charge in [0.2, 0.25) is 0 Å². The Kier molecular flexibility index (Phi) is 7.90. The van der Waals surface area contributed by atoms with Crippen molar-refractivity contribution in [3.8, 4) is 0 Å². The first kappa shape index (κ1) is 9.40. The molecule has 5 heteroatoms. The number of hydrogen-bond acceptors (Lipinski definition) is 1. The van der Waals surface area contributed by atoms with E-state index in [0.717, 1.165) is 6.32 Å². The van der Waals surface area contributed by atoms with Crippen LogP contribution in [0.3, 0.4) is 0 Å². The zero-order chi connectivity index (χ0) is 7.66. The van der Waals surface area contributed by atoms with Crippen molar-refractivity contribution in [2.24, 2.45) is 0 Å². The second-order valence-electron chi connectivity index (χ2n) is 1.60. The van der Waals surface area contributed by atoms with E-state index in [1.54, 1.807) is 25.8 Å². The SMILES string of the molecule is [B][B][B]CC.c1c[nH]cn1. The van der Waals surface area contributed by atoms with Crippen LogP contribution in [0.1, 0.15) is 6.92 Å². The van der Waals surface area contributed by atoms with E-state index in [-0.39, 0.29) is 0 Å². The maximum atomic E-state index is 4.96. The highest BCUT2D eigenvalue weighted by Gasteiger charge is 1.73. The standard InChI is InChI=1S/C3H4N2.C2H5B3/c1-2-5-3-4-1;1-2-4-5-3/h1-3H,(H,4,5);2H2,1H3. The Labute approximate surface area is 64.7 Å². The summed E-state index contributed by atoms with van der Waals surface area (Å²) in [6, 6.07) is 0. The van der Waals surface area contributed by atoms with Gasteiger partial charge in [0, 0.05) is 27.2 Å². The number of H-pyrrole nitrogens is 1. The average Bonchev–Trinajstić information content (AvgIpc) is 2.44. The van der Waals surface area contributed by atoms with Crippen LogP contribution in [0, 0.1) is 0 Å². The van der Waals surface area contributed by atoms with Gasteiger partial charge in [-0.05, 0) is 0 Å². The summed E-state index contributed by atoms with van der Waals surface area (Å²) in [7, 11) is 8.42. The van der Waals surface area contributed by atoms with E-state index in [1.165, 1.54) is 0 Å². The van der Waals surface area contributed by atoms with Crippen molar-refractivity contribution in [2.75, 3.05) is 0 Å². The third-order valence-corrected chi connectivity index (χ3v) is 0.778. The summed E-state index contributed by atoms with van der Waals surface area (Å²) < 4.78 is 0. The van der Waals surface area contributed by atoms with Gasteiger partial charge in [0.15, 0.2) is 0 Å². The summed E-state index contributed by atoms with van der Waals surface area (Å²) in [4.78, 5) is 6.42. The Morgan fingerprint density at radius 1 is 1.70 bits per heavy atom. The average molecular weight is 130 g/mol. The van der Waals surface area contributed by atoms with Crippen LogP contribution in [0.2, 0.25) is 6.32 Å². The van der Waals surface area contributed by atoms with Crippen molar-refractivity contribution in [3.63, 3.8) is 0 Å². The number of aromatic nitrogens is 2. The van der Waals surface area contributed by atoms with E-state index >= 15 is 0 Å². The van der Waals surface area contributed by atoms with E-state index in [1.807, 2.05) is 14.1 Å². The molecule has 0 saturated heterocycles. The smallest absolute Gasteiger partial charge is 0.0919 e. The van der Waals surface area contributed by atoms with Crippen LogP contribution in [-0.2, 0) is 0 Å². The third-order valence-electron chi connectivity index (χ3n) is 0.778. The van der Waals surface area contributed by atoms with Crippen LogP contribution in [0.4, 0.5) is 0 Å². The molecule has 1 rings (SSSR count). The van der Waals surface area contributed by atoms with Gasteiger partial charge >= 0.3 is 0 Å². The lowest BCUT2D eigenvalue weighted by atomic mass is 9.27. The van der Waals surface area contributed by atoms with Gasteiger partial charge in [-0.25, -0.2) is 4.98 Å². The highest BCUT2D eigenvalue weighted by atomic mass is 14.8. The summed E-state index contributed by atoms with van der Waals surface area (Å²) >= 11 is 0. The van der Waals surface area contributed by atoms with E-state index in [9.17, 15) is 0 Å². The fraction of sp³-hybridized carbons (Fsp3) is 0.400. The molecule has 1 aromatic heterocycles. The van der Waals surface area contributed by atoms with Crippen LogP contribution < -0.4 is 0 Å². The molecule has 1 aromatic rings. The van der Waals surface area contributed by atoms with Crippen molar-refractivity contribution in [3.05, 3.63) is 18.7 Å².